The summed E-state index contributed by atoms with van der Waals surface area (Å²) in [4.78, 5) is 10.7. The molecule has 1 aliphatic rings. The molecule has 0 aliphatic carbocycles. The van der Waals surface area contributed by atoms with Gasteiger partial charge >= 0.3 is 5.97 Å². The molecule has 0 radical (unpaired) electrons. The van der Waals surface area contributed by atoms with E-state index < -0.39 is 13.1 Å². The summed E-state index contributed by atoms with van der Waals surface area (Å²) in [6.07, 6.45) is 0.514. The van der Waals surface area contributed by atoms with Crippen molar-refractivity contribution in [1.82, 2.24) is 0 Å². The third-order valence-corrected chi connectivity index (χ3v) is 5.15. The fraction of sp³-hybridized carbons (Fsp3) is 0.625. The maximum Gasteiger partial charge on any atom is 0.339 e. The van der Waals surface area contributed by atoms with Crippen molar-refractivity contribution in [3.8, 4) is 0 Å². The number of carbonyl (C=O) groups is 1. The van der Waals surface area contributed by atoms with E-state index >= 15 is 0 Å². The van der Waals surface area contributed by atoms with Gasteiger partial charge in [-0.25, -0.2) is 4.79 Å². The topological polar surface area (TPSA) is 54.4 Å². The quantitative estimate of drug-likeness (QED) is 0.640. The van der Waals surface area contributed by atoms with Crippen molar-refractivity contribution in [3.63, 3.8) is 0 Å². The predicted octanol–water partition coefficient (Wildman–Crippen LogP) is 1.99. The highest BCUT2D eigenvalue weighted by molar-refractivity contribution is 7.69. The van der Waals surface area contributed by atoms with Crippen molar-refractivity contribution < 1.29 is 14.5 Å². The molecule has 68 valence electrons. The number of carboxylic acids is 1. The van der Waals surface area contributed by atoms with Crippen LogP contribution in [0, 0.1) is 5.92 Å². The molecule has 2 atom stereocenters. The van der Waals surface area contributed by atoms with E-state index in [-0.39, 0.29) is 11.2 Å². The minimum atomic E-state index is -2.54. The van der Waals surface area contributed by atoms with Crippen LogP contribution in [-0.2, 0) is 9.36 Å². The number of carboxylic acid groups (broad SMARTS) is 1. The van der Waals surface area contributed by atoms with E-state index in [9.17, 15) is 9.36 Å². The van der Waals surface area contributed by atoms with Gasteiger partial charge in [-0.15, -0.1) is 0 Å². The van der Waals surface area contributed by atoms with Gasteiger partial charge in [-0.2, -0.15) is 0 Å². The number of allylic oxidation sites excluding steroid dienone is 1. The Balaban J connectivity index is 3.22. The second-order valence-corrected chi connectivity index (χ2v) is 6.54. The van der Waals surface area contributed by atoms with Crippen molar-refractivity contribution in [2.24, 2.45) is 5.92 Å². The van der Waals surface area contributed by atoms with Gasteiger partial charge in [-0.05, 0) is 19.5 Å². The molecule has 0 fully saturated rings. The fourth-order valence-corrected chi connectivity index (χ4v) is 4.60. The van der Waals surface area contributed by atoms with Gasteiger partial charge in [0.05, 0.1) is 5.31 Å². The molecule has 1 N–H and O–H groups in total. The van der Waals surface area contributed by atoms with Gasteiger partial charge in [0, 0.05) is 6.16 Å². The molecule has 0 aromatic carbocycles. The lowest BCUT2D eigenvalue weighted by Crippen LogP contribution is -1.99. The highest BCUT2D eigenvalue weighted by Crippen LogP contribution is 2.59. The monoisotopic (exact) mass is 188 g/mol. The van der Waals surface area contributed by atoms with Gasteiger partial charge in [-0.1, -0.05) is 12.5 Å². The van der Waals surface area contributed by atoms with E-state index in [1.165, 1.54) is 0 Å². The zero-order valence-corrected chi connectivity index (χ0v) is 8.39. The van der Waals surface area contributed by atoms with Crippen molar-refractivity contribution in [3.05, 3.63) is 10.9 Å². The molecular weight excluding hydrogens is 175 g/mol. The Morgan fingerprint density at radius 2 is 2.17 bits per heavy atom. The first kappa shape index (κ1) is 9.53. The van der Waals surface area contributed by atoms with Gasteiger partial charge in [0.2, 0.25) is 0 Å². The van der Waals surface area contributed by atoms with Crippen LogP contribution in [0.4, 0.5) is 0 Å². The molecule has 2 unspecified atom stereocenters. The number of hydrogen-bond acceptors (Lipinski definition) is 2. The Hall–Kier alpha value is -0.560. The van der Waals surface area contributed by atoms with Crippen molar-refractivity contribution in [2.45, 2.75) is 13.8 Å². The minimum Gasteiger partial charge on any atom is -0.478 e. The van der Waals surface area contributed by atoms with Gasteiger partial charge in [0.15, 0.2) is 0 Å². The van der Waals surface area contributed by atoms with E-state index in [2.05, 4.69) is 0 Å². The van der Waals surface area contributed by atoms with Crippen LogP contribution in [0.15, 0.2) is 10.9 Å². The molecule has 0 saturated heterocycles. The molecule has 0 aromatic rings. The summed E-state index contributed by atoms with van der Waals surface area (Å²) in [5.41, 5.74) is 0.785. The summed E-state index contributed by atoms with van der Waals surface area (Å²) < 4.78 is 11.8. The molecule has 0 aromatic heterocycles. The van der Waals surface area contributed by atoms with Crippen LogP contribution < -0.4 is 0 Å². The Morgan fingerprint density at radius 3 is 2.33 bits per heavy atom. The van der Waals surface area contributed by atoms with Crippen LogP contribution in [0.5, 0.6) is 0 Å². The third kappa shape index (κ3) is 1.34. The summed E-state index contributed by atoms with van der Waals surface area (Å²) in [7, 11) is -2.54. The average Bonchev–Trinajstić information content (AvgIpc) is 2.01. The molecule has 1 heterocycles. The maximum atomic E-state index is 11.8. The first-order chi connectivity index (χ1) is 5.36. The van der Waals surface area contributed by atoms with E-state index in [1.807, 2.05) is 6.92 Å². The smallest absolute Gasteiger partial charge is 0.339 e. The second-order valence-electron chi connectivity index (χ2n) is 3.52. The van der Waals surface area contributed by atoms with E-state index in [4.69, 9.17) is 5.11 Å². The van der Waals surface area contributed by atoms with E-state index in [0.29, 0.717) is 6.16 Å². The van der Waals surface area contributed by atoms with E-state index in [1.54, 1.807) is 13.6 Å². The SMILES string of the molecule is CC1=C(C(=O)O)P(C)(=O)CC1C. The lowest BCUT2D eigenvalue weighted by molar-refractivity contribution is -0.131. The lowest BCUT2D eigenvalue weighted by Gasteiger charge is -2.05. The van der Waals surface area contributed by atoms with Crippen molar-refractivity contribution >= 4 is 13.1 Å². The molecule has 0 amide bonds. The highest BCUT2D eigenvalue weighted by atomic mass is 31.2. The van der Waals surface area contributed by atoms with Crippen LogP contribution in [0.3, 0.4) is 0 Å². The highest BCUT2D eigenvalue weighted by Gasteiger charge is 2.38. The zero-order chi connectivity index (χ0) is 9.52. The molecule has 4 heteroatoms. The van der Waals surface area contributed by atoms with E-state index in [0.717, 1.165) is 5.57 Å². The molecule has 1 rings (SSSR count). The van der Waals surface area contributed by atoms with Gasteiger partial charge in [0.1, 0.15) is 7.14 Å². The van der Waals surface area contributed by atoms with Crippen LogP contribution in [0.25, 0.3) is 0 Å². The summed E-state index contributed by atoms with van der Waals surface area (Å²) in [5, 5.41) is 8.98. The normalized spacial score (nSPS) is 35.8. The summed E-state index contributed by atoms with van der Waals surface area (Å²) >= 11 is 0. The summed E-state index contributed by atoms with van der Waals surface area (Å²) in [6.45, 7) is 5.24. The molecule has 3 nitrogen and oxygen atoms in total. The first-order valence-corrected chi connectivity index (χ1v) is 6.21. The number of aliphatic carboxylic acids is 1. The predicted molar refractivity (Wildman–Crippen MR) is 47.9 cm³/mol. The summed E-state index contributed by atoms with van der Waals surface area (Å²) in [5.74, 6) is -0.852. The van der Waals surface area contributed by atoms with Crippen LogP contribution in [0.2, 0.25) is 0 Å². The Labute approximate surface area is 71.8 Å². The Bertz CT molecular complexity index is 303. The van der Waals surface area contributed by atoms with Crippen molar-refractivity contribution in [1.29, 1.82) is 0 Å². The van der Waals surface area contributed by atoms with Gasteiger partial charge in [0.25, 0.3) is 0 Å². The largest absolute Gasteiger partial charge is 0.478 e. The lowest BCUT2D eigenvalue weighted by atomic mass is 10.1. The number of rotatable bonds is 1. The van der Waals surface area contributed by atoms with Crippen LogP contribution >= 0.6 is 7.14 Å². The maximum absolute atomic E-state index is 11.8. The second kappa shape index (κ2) is 2.74. The fourth-order valence-electron chi connectivity index (χ4n) is 1.73. The molecule has 0 bridgehead atoms. The first-order valence-electron chi connectivity index (χ1n) is 3.87. The molecule has 0 saturated carbocycles. The Morgan fingerprint density at radius 1 is 1.67 bits per heavy atom. The molecule has 12 heavy (non-hydrogen) atoms. The van der Waals surface area contributed by atoms with Gasteiger partial charge in [-0.3, -0.25) is 0 Å². The van der Waals surface area contributed by atoms with Crippen LogP contribution in [0.1, 0.15) is 13.8 Å². The molecule has 0 spiro atoms. The van der Waals surface area contributed by atoms with Crippen LogP contribution in [-0.4, -0.2) is 23.9 Å². The molecule has 1 aliphatic heterocycles. The van der Waals surface area contributed by atoms with Gasteiger partial charge < -0.3 is 9.67 Å². The summed E-state index contributed by atoms with van der Waals surface area (Å²) in [6, 6.07) is 0. The third-order valence-electron chi connectivity index (χ3n) is 2.41. The average molecular weight is 188 g/mol. The zero-order valence-electron chi connectivity index (χ0n) is 7.50. The standard InChI is InChI=1S/C8H13O3P/c1-5-4-12(3,11)7(6(5)2)8(9)10/h5H,4H2,1-3H3,(H,9,10). The number of hydrogen-bond donors (Lipinski definition) is 1. The molecular formula is C8H13O3P. The van der Waals surface area contributed by atoms with Crippen molar-refractivity contribution in [2.75, 3.05) is 12.8 Å². The minimum absolute atomic E-state index is 0.159. The Kier molecular flexibility index (Phi) is 2.17.